The number of hydrogen-bond acceptors (Lipinski definition) is 11. The SMILES string of the molecule is CCO.CO.CO.C[Si](C)(C)c1ccc(-c2[c-]cccc2)nc1.C[Si](C)(C)c1ccc(-c2[c-]cccc2)nc1.C[Si](C)(C)c1ccc(-c2[c-]cccc2)nc1.O=S(=O)([O-])C(F)(F)F.[CH3][Ge]([CH3])([CH3])[c]1ccc(-c2[c-]cccc2)nc1.[CH3][Ge]([CH3])([CH3])[c]1ccc(-c2ccccc2)nc1.[Ir].[Ir]. The molecule has 0 bridgehead atoms. The van der Waals surface area contributed by atoms with Crippen molar-refractivity contribution in [2.45, 2.75) is 106 Å². The van der Waals surface area contributed by atoms with Crippen LogP contribution in [0.2, 0.25) is 93.5 Å². The topological polar surface area (TPSA) is 182 Å². The number of rotatable bonds is 10. The van der Waals surface area contributed by atoms with Gasteiger partial charge in [0.15, 0.2) is 10.1 Å². The summed E-state index contributed by atoms with van der Waals surface area (Å²) in [7, 11) is -7.78. The van der Waals surface area contributed by atoms with Gasteiger partial charge in [-0.05, 0) is 39.6 Å². The van der Waals surface area contributed by atoms with Crippen LogP contribution in [0.4, 0.5) is 13.2 Å². The van der Waals surface area contributed by atoms with E-state index in [1.54, 1.807) is 6.92 Å². The molecule has 0 aliphatic rings. The Kier molecular flexibility index (Phi) is 42.0. The molecule has 526 valence electrons. The summed E-state index contributed by atoms with van der Waals surface area (Å²) >= 11 is -3.42. The third kappa shape index (κ3) is 34.4. The largest absolute Gasteiger partial charge is 0 e. The summed E-state index contributed by atoms with van der Waals surface area (Å²) in [6.07, 6.45) is 10.1. The Hall–Kier alpha value is -5.53. The maximum absolute atomic E-state index is 10.7. The molecular formula is C75H95F3Ge2Ir2N5O6SSi3-5. The molecule has 0 amide bonds. The van der Waals surface area contributed by atoms with E-state index in [0.29, 0.717) is 0 Å². The molecule has 10 aromatic rings. The third-order valence-corrected chi connectivity index (χ3v) is 28.6. The fraction of sp³-hybridized carbons (Fsp3) is 0.267. The van der Waals surface area contributed by atoms with E-state index >= 15 is 0 Å². The fourth-order valence-corrected chi connectivity index (χ4v) is 15.3. The second-order valence-corrected chi connectivity index (χ2v) is 64.0. The average Bonchev–Trinajstić information content (AvgIpc) is 0.904. The van der Waals surface area contributed by atoms with Gasteiger partial charge in [0.05, 0.1) is 24.2 Å². The van der Waals surface area contributed by atoms with Crippen LogP contribution >= 0.6 is 0 Å². The second kappa shape index (κ2) is 44.6. The number of hydrogen-bond donors (Lipinski definition) is 3. The number of pyridine rings is 5. The van der Waals surface area contributed by atoms with Gasteiger partial charge in [0.25, 0.3) is 0 Å². The van der Waals surface area contributed by atoms with Gasteiger partial charge in [-0.25, -0.2) is 8.42 Å². The molecule has 0 atom stereocenters. The van der Waals surface area contributed by atoms with Crippen LogP contribution in [0.3, 0.4) is 0 Å². The molecule has 11 nitrogen and oxygen atoms in total. The van der Waals surface area contributed by atoms with Crippen molar-refractivity contribution in [2.75, 3.05) is 20.8 Å². The summed E-state index contributed by atoms with van der Waals surface area (Å²) in [4.78, 5) is 22.6. The van der Waals surface area contributed by atoms with E-state index in [1.807, 2.05) is 140 Å². The Bertz CT molecular complexity index is 3270. The Balaban J connectivity index is 0.00000112. The van der Waals surface area contributed by atoms with E-state index in [-0.39, 0.29) is 46.8 Å². The summed E-state index contributed by atoms with van der Waals surface area (Å²) in [6, 6.07) is 76.5. The number of aliphatic hydroxyl groups excluding tert-OH is 3. The minimum atomic E-state index is -6.09. The van der Waals surface area contributed by atoms with E-state index in [1.165, 1.54) is 29.9 Å². The Morgan fingerprint density at radius 2 is 0.629 bits per heavy atom. The van der Waals surface area contributed by atoms with Crippen LogP contribution in [0.1, 0.15) is 6.92 Å². The van der Waals surface area contributed by atoms with Gasteiger partial charge in [-0.2, -0.15) is 13.2 Å². The molecular weight excluding hydrogens is 1770 g/mol. The zero-order chi connectivity index (χ0) is 71.7. The summed E-state index contributed by atoms with van der Waals surface area (Å²) in [6.45, 7) is 22.9. The minimum absolute atomic E-state index is 0. The zero-order valence-electron chi connectivity index (χ0n) is 59.0. The second-order valence-electron chi connectivity index (χ2n) is 26.1. The standard InChI is InChI=1S/C14H17GeN.C14H16GeN.3C14H16NSi.C2H6O.CHF3O3S.2CH4O.2Ir/c2*1-15(2,3)13-9-10-14(16-11-13)12-7-5-4-6-8-12;3*1-16(2,3)13-9-10-14(15-11-13)12-7-5-4-6-8-12;1-2-3;2-1(3,4)8(5,6)7;2*1-2;;/h4-11H,1-3H3;4*4-7,9-11H,1-3H3;3H,2H2,1H3;(H,5,6,7);2*2H,1H3;;/q;4*-1;;;;;;/p-1. The van der Waals surface area contributed by atoms with Crippen LogP contribution in [-0.2, 0) is 50.3 Å². The average molecular weight is 1870 g/mol. The van der Waals surface area contributed by atoms with Crippen LogP contribution in [0, 0.1) is 24.3 Å². The van der Waals surface area contributed by atoms with Gasteiger partial charge in [0.2, 0.25) is 0 Å². The van der Waals surface area contributed by atoms with Crippen molar-refractivity contribution < 1.29 is 81.7 Å². The first-order valence-electron chi connectivity index (χ1n) is 30.8. The van der Waals surface area contributed by atoms with Crippen molar-refractivity contribution in [3.05, 3.63) is 243 Å². The summed E-state index contributed by atoms with van der Waals surface area (Å²) < 4.78 is 61.8. The number of aromatic nitrogens is 5. The molecule has 2 radical (unpaired) electrons. The van der Waals surface area contributed by atoms with Crippen LogP contribution in [0.15, 0.2) is 219 Å². The Labute approximate surface area is 612 Å². The van der Waals surface area contributed by atoms with E-state index in [4.69, 9.17) is 28.3 Å². The smallest absolute Gasteiger partial charge is 0 e. The zero-order valence-corrected chi connectivity index (χ0v) is 71.8. The van der Waals surface area contributed by atoms with E-state index in [0.717, 1.165) is 64.9 Å². The first-order valence-corrected chi connectivity index (χ1v) is 57.4. The number of aliphatic hydroxyl groups is 3. The number of benzene rings is 5. The van der Waals surface area contributed by atoms with E-state index < -0.39 is 66.4 Å². The van der Waals surface area contributed by atoms with Crippen molar-refractivity contribution >= 4 is 85.2 Å². The molecule has 0 unspecified atom stereocenters. The minimum Gasteiger partial charge on any atom is 0 e. The molecule has 97 heavy (non-hydrogen) atoms. The van der Waals surface area contributed by atoms with Crippen molar-refractivity contribution in [3.8, 4) is 56.3 Å². The molecule has 10 rings (SSSR count). The molecule has 5 heterocycles. The first kappa shape index (κ1) is 91.5. The third-order valence-electron chi connectivity index (χ3n) is 13.4. The van der Waals surface area contributed by atoms with Crippen LogP contribution in [0.25, 0.3) is 56.3 Å². The van der Waals surface area contributed by atoms with Gasteiger partial charge in [-0.3, -0.25) is 0 Å². The predicted molar refractivity (Wildman–Crippen MR) is 403 cm³/mol. The van der Waals surface area contributed by atoms with Gasteiger partial charge in [0, 0.05) is 79.6 Å². The molecule has 3 N–H and O–H groups in total. The molecule has 22 heteroatoms. The van der Waals surface area contributed by atoms with Crippen LogP contribution in [0.5, 0.6) is 0 Å². The maximum Gasteiger partial charge on any atom is 0 e. The van der Waals surface area contributed by atoms with E-state index in [9.17, 15) is 13.2 Å². The van der Waals surface area contributed by atoms with Crippen molar-refractivity contribution in [3.63, 3.8) is 0 Å². The summed E-state index contributed by atoms with van der Waals surface area (Å²) in [5.41, 5.74) is 4.87. The first-order chi connectivity index (χ1) is 44.5. The Morgan fingerprint density at radius 1 is 0.402 bits per heavy atom. The van der Waals surface area contributed by atoms with Gasteiger partial charge < -0.3 is 34.8 Å². The van der Waals surface area contributed by atoms with Crippen molar-refractivity contribution in [1.29, 1.82) is 0 Å². The van der Waals surface area contributed by atoms with Gasteiger partial charge >= 0.3 is 205 Å². The van der Waals surface area contributed by atoms with Gasteiger partial charge in [0.1, 0.15) is 0 Å². The molecule has 0 aliphatic heterocycles. The molecule has 0 aliphatic carbocycles. The molecule has 0 spiro atoms. The predicted octanol–water partition coefficient (Wildman–Crippen LogP) is 14.9. The normalized spacial score (nSPS) is 10.9. The van der Waals surface area contributed by atoms with Crippen molar-refractivity contribution in [2.24, 2.45) is 0 Å². The Morgan fingerprint density at radius 3 is 0.804 bits per heavy atom. The van der Waals surface area contributed by atoms with Crippen LogP contribution < -0.4 is 24.4 Å². The monoisotopic (exact) mass is 1870 g/mol. The number of nitrogens with zero attached hydrogens (tertiary/aromatic N) is 5. The summed E-state index contributed by atoms with van der Waals surface area (Å²) in [5.74, 6) is 14.3. The van der Waals surface area contributed by atoms with Gasteiger partial charge in [-0.1, -0.05) is 95.3 Å². The number of alkyl halides is 3. The van der Waals surface area contributed by atoms with Crippen LogP contribution in [-0.4, -0.2) is 130 Å². The molecule has 5 aromatic carbocycles. The molecule has 0 fully saturated rings. The summed E-state index contributed by atoms with van der Waals surface area (Å²) in [5, 5.41) is 25.8. The van der Waals surface area contributed by atoms with E-state index in [2.05, 4.69) is 222 Å². The quantitative estimate of drug-likeness (QED) is 0.0513. The fourth-order valence-electron chi connectivity index (χ4n) is 7.82. The number of halogens is 3. The molecule has 0 saturated carbocycles. The van der Waals surface area contributed by atoms with Gasteiger partial charge in [-0.15, -0.1) is 108 Å². The molecule has 0 saturated heterocycles. The maximum atomic E-state index is 10.7. The molecule has 5 aromatic heterocycles. The van der Waals surface area contributed by atoms with Crippen molar-refractivity contribution in [1.82, 2.24) is 24.9 Å².